The molecule has 0 radical (unpaired) electrons. The molecule has 1 fully saturated rings. The number of nitriles is 1. The first-order valence-corrected chi connectivity index (χ1v) is 4.28. The van der Waals surface area contributed by atoms with Crippen molar-refractivity contribution in [3.05, 3.63) is 27.9 Å². The molecule has 1 N–H and O–H groups in total. The molecule has 66 valence electrons. The average Bonchev–Trinajstić information content (AvgIpc) is 2.89. The summed E-state index contributed by atoms with van der Waals surface area (Å²) in [6.45, 7) is 0. The second-order valence-electron chi connectivity index (χ2n) is 3.33. The lowest BCUT2D eigenvalue weighted by Crippen LogP contribution is -2.14. The van der Waals surface area contributed by atoms with E-state index in [1.165, 1.54) is 19.0 Å². The molecule has 0 unspecified atom stereocenters. The van der Waals surface area contributed by atoms with Crippen LogP contribution in [0.15, 0.2) is 11.0 Å². The van der Waals surface area contributed by atoms with Crippen LogP contribution in [0, 0.1) is 17.2 Å². The molecule has 13 heavy (non-hydrogen) atoms. The van der Waals surface area contributed by atoms with Crippen molar-refractivity contribution in [2.24, 2.45) is 5.92 Å². The lowest BCUT2D eigenvalue weighted by molar-refractivity contribution is 0.762. The quantitative estimate of drug-likeness (QED) is 0.715. The molecule has 1 aliphatic rings. The predicted molar refractivity (Wildman–Crippen MR) is 46.0 cm³/mol. The van der Waals surface area contributed by atoms with Crippen LogP contribution in [-0.4, -0.2) is 9.97 Å². The Hall–Kier alpha value is -1.63. The van der Waals surface area contributed by atoms with E-state index in [2.05, 4.69) is 9.97 Å². The lowest BCUT2D eigenvalue weighted by Gasteiger charge is -1.96. The van der Waals surface area contributed by atoms with Gasteiger partial charge in [-0.05, 0) is 18.8 Å². The Morgan fingerprint density at radius 3 is 3.00 bits per heavy atom. The van der Waals surface area contributed by atoms with Crippen molar-refractivity contribution in [2.75, 3.05) is 0 Å². The van der Waals surface area contributed by atoms with Gasteiger partial charge in [0.1, 0.15) is 17.5 Å². The van der Waals surface area contributed by atoms with Gasteiger partial charge in [-0.3, -0.25) is 4.79 Å². The minimum atomic E-state index is -0.326. The number of nitrogens with one attached hydrogen (secondary N) is 1. The van der Waals surface area contributed by atoms with Crippen LogP contribution in [-0.2, 0) is 6.42 Å². The Balaban J connectivity index is 2.25. The molecule has 4 nitrogen and oxygen atoms in total. The van der Waals surface area contributed by atoms with Gasteiger partial charge in [-0.15, -0.1) is 0 Å². The highest BCUT2D eigenvalue weighted by Crippen LogP contribution is 2.31. The molecule has 0 atom stereocenters. The summed E-state index contributed by atoms with van der Waals surface area (Å²) in [6, 6.07) is 1.79. The van der Waals surface area contributed by atoms with Crippen molar-refractivity contribution in [3.63, 3.8) is 0 Å². The number of nitrogens with zero attached hydrogens (tertiary/aromatic N) is 2. The molecule has 1 aliphatic carbocycles. The molecule has 2 rings (SSSR count). The predicted octanol–water partition coefficient (Wildman–Crippen LogP) is 0.594. The van der Waals surface area contributed by atoms with E-state index in [1.54, 1.807) is 6.07 Å². The molecule has 0 aliphatic heterocycles. The summed E-state index contributed by atoms with van der Waals surface area (Å²) >= 11 is 0. The number of H-pyrrole nitrogens is 1. The first-order chi connectivity index (χ1) is 6.29. The van der Waals surface area contributed by atoms with Crippen LogP contribution < -0.4 is 5.56 Å². The van der Waals surface area contributed by atoms with E-state index in [0.717, 1.165) is 6.42 Å². The Bertz CT molecular complexity index is 412. The Morgan fingerprint density at radius 2 is 2.46 bits per heavy atom. The van der Waals surface area contributed by atoms with Crippen LogP contribution in [0.2, 0.25) is 0 Å². The van der Waals surface area contributed by atoms with E-state index < -0.39 is 0 Å². The number of aromatic amines is 1. The molecule has 1 aromatic rings. The van der Waals surface area contributed by atoms with Gasteiger partial charge < -0.3 is 4.98 Å². The second-order valence-corrected chi connectivity index (χ2v) is 3.33. The molecule has 0 spiro atoms. The maximum Gasteiger partial charge on any atom is 0.268 e. The smallest absolute Gasteiger partial charge is 0.268 e. The maximum absolute atomic E-state index is 11.2. The lowest BCUT2D eigenvalue weighted by atomic mass is 10.2. The molecular weight excluding hydrogens is 166 g/mol. The van der Waals surface area contributed by atoms with Crippen LogP contribution in [0.3, 0.4) is 0 Å². The SMILES string of the molecule is N#Cc1cnc(CC2CC2)[nH]c1=O. The van der Waals surface area contributed by atoms with Gasteiger partial charge in [0.25, 0.3) is 5.56 Å². The van der Waals surface area contributed by atoms with Gasteiger partial charge in [0.15, 0.2) is 0 Å². The zero-order valence-corrected chi connectivity index (χ0v) is 7.08. The average molecular weight is 175 g/mol. The third kappa shape index (κ3) is 1.75. The summed E-state index contributed by atoms with van der Waals surface area (Å²) in [5, 5.41) is 8.49. The van der Waals surface area contributed by atoms with Crippen LogP contribution in [0.25, 0.3) is 0 Å². The van der Waals surface area contributed by atoms with Crippen molar-refractivity contribution in [3.8, 4) is 6.07 Å². The number of aromatic nitrogens is 2. The van der Waals surface area contributed by atoms with Gasteiger partial charge >= 0.3 is 0 Å². The highest BCUT2D eigenvalue weighted by atomic mass is 16.1. The Morgan fingerprint density at radius 1 is 1.69 bits per heavy atom. The number of hydrogen-bond donors (Lipinski definition) is 1. The Labute approximate surface area is 75.2 Å². The minimum absolute atomic E-state index is 0.0829. The zero-order chi connectivity index (χ0) is 9.26. The number of rotatable bonds is 2. The van der Waals surface area contributed by atoms with E-state index in [1.807, 2.05) is 0 Å². The summed E-state index contributed by atoms with van der Waals surface area (Å²) < 4.78 is 0. The fourth-order valence-electron chi connectivity index (χ4n) is 1.21. The summed E-state index contributed by atoms with van der Waals surface area (Å²) in [4.78, 5) is 17.8. The molecule has 4 heteroatoms. The van der Waals surface area contributed by atoms with Crippen LogP contribution >= 0.6 is 0 Å². The summed E-state index contributed by atoms with van der Waals surface area (Å²) in [7, 11) is 0. The van der Waals surface area contributed by atoms with E-state index in [4.69, 9.17) is 5.26 Å². The molecule has 0 saturated heterocycles. The van der Waals surface area contributed by atoms with Gasteiger partial charge in [-0.25, -0.2) is 4.98 Å². The topological polar surface area (TPSA) is 69.5 Å². The molecule has 0 amide bonds. The van der Waals surface area contributed by atoms with Crippen molar-refractivity contribution in [1.29, 1.82) is 5.26 Å². The van der Waals surface area contributed by atoms with Gasteiger partial charge in [0.05, 0.1) is 6.20 Å². The largest absolute Gasteiger partial charge is 0.309 e. The van der Waals surface area contributed by atoms with Gasteiger partial charge in [-0.2, -0.15) is 5.26 Å². The summed E-state index contributed by atoms with van der Waals surface area (Å²) in [5.41, 5.74) is -0.243. The summed E-state index contributed by atoms with van der Waals surface area (Å²) in [5.74, 6) is 1.39. The fraction of sp³-hybridized carbons (Fsp3) is 0.444. The Kier molecular flexibility index (Phi) is 1.85. The van der Waals surface area contributed by atoms with Crippen LogP contribution in [0.1, 0.15) is 24.2 Å². The van der Waals surface area contributed by atoms with Gasteiger partial charge in [0, 0.05) is 6.42 Å². The van der Waals surface area contributed by atoms with Crippen LogP contribution in [0.4, 0.5) is 0 Å². The first-order valence-electron chi connectivity index (χ1n) is 4.28. The van der Waals surface area contributed by atoms with E-state index in [-0.39, 0.29) is 11.1 Å². The molecule has 1 saturated carbocycles. The normalized spacial score (nSPS) is 15.3. The molecule has 0 aromatic carbocycles. The summed E-state index contributed by atoms with van der Waals surface area (Å²) in [6.07, 6.45) is 4.63. The van der Waals surface area contributed by atoms with Crippen molar-refractivity contribution >= 4 is 0 Å². The zero-order valence-electron chi connectivity index (χ0n) is 7.08. The molecule has 1 aromatic heterocycles. The molecule has 1 heterocycles. The first kappa shape index (κ1) is 7.99. The standard InChI is InChI=1S/C9H9N3O/c10-4-7-5-11-8(12-9(7)13)3-6-1-2-6/h5-6H,1-3H2,(H,11,12,13). The van der Waals surface area contributed by atoms with Crippen molar-refractivity contribution in [2.45, 2.75) is 19.3 Å². The molecule has 0 bridgehead atoms. The minimum Gasteiger partial charge on any atom is -0.309 e. The highest BCUT2D eigenvalue weighted by molar-refractivity contribution is 5.22. The van der Waals surface area contributed by atoms with E-state index >= 15 is 0 Å². The van der Waals surface area contributed by atoms with Gasteiger partial charge in [0.2, 0.25) is 0 Å². The number of hydrogen-bond acceptors (Lipinski definition) is 3. The second kappa shape index (κ2) is 3.02. The van der Waals surface area contributed by atoms with Gasteiger partial charge in [-0.1, -0.05) is 0 Å². The maximum atomic E-state index is 11.2. The fourth-order valence-corrected chi connectivity index (χ4v) is 1.21. The highest BCUT2D eigenvalue weighted by Gasteiger charge is 2.22. The van der Waals surface area contributed by atoms with E-state index in [9.17, 15) is 4.79 Å². The molecular formula is C9H9N3O. The monoisotopic (exact) mass is 175 g/mol. The third-order valence-electron chi connectivity index (χ3n) is 2.15. The van der Waals surface area contributed by atoms with Crippen molar-refractivity contribution in [1.82, 2.24) is 9.97 Å². The van der Waals surface area contributed by atoms with Crippen molar-refractivity contribution < 1.29 is 0 Å². The third-order valence-corrected chi connectivity index (χ3v) is 2.15. The van der Waals surface area contributed by atoms with E-state index in [0.29, 0.717) is 11.7 Å². The van der Waals surface area contributed by atoms with Crippen LogP contribution in [0.5, 0.6) is 0 Å².